The summed E-state index contributed by atoms with van der Waals surface area (Å²) in [4.78, 5) is 44.5. The molecule has 4 amide bonds. The van der Waals surface area contributed by atoms with Gasteiger partial charge in [0.25, 0.3) is 0 Å². The molecule has 0 bridgehead atoms. The lowest BCUT2D eigenvalue weighted by Crippen LogP contribution is -2.51. The second-order valence-corrected chi connectivity index (χ2v) is 10.8. The third kappa shape index (κ3) is 7.77. The molecule has 2 N–H and O–H groups in total. The van der Waals surface area contributed by atoms with E-state index in [4.69, 9.17) is 4.74 Å². The summed E-state index contributed by atoms with van der Waals surface area (Å²) in [6, 6.07) is 2.68. The van der Waals surface area contributed by atoms with Crippen LogP contribution in [-0.4, -0.2) is 84.1 Å². The van der Waals surface area contributed by atoms with Crippen molar-refractivity contribution in [1.29, 1.82) is 0 Å². The molecule has 0 aliphatic carbocycles. The lowest BCUT2D eigenvalue weighted by atomic mass is 9.93. The first-order valence-corrected chi connectivity index (χ1v) is 13.3. The average molecular weight is 566 g/mol. The quantitative estimate of drug-likeness (QED) is 0.380. The predicted molar refractivity (Wildman–Crippen MR) is 144 cm³/mol. The highest BCUT2D eigenvalue weighted by Crippen LogP contribution is 2.35. The first kappa shape index (κ1) is 31.0. The Kier molecular flexibility index (Phi) is 9.88. The Hall–Kier alpha value is -3.54. The van der Waals surface area contributed by atoms with E-state index in [-0.39, 0.29) is 36.8 Å². The Morgan fingerprint density at radius 2 is 1.80 bits per heavy atom. The summed E-state index contributed by atoms with van der Waals surface area (Å²) in [5.41, 5.74) is -0.357. The van der Waals surface area contributed by atoms with E-state index in [1.807, 2.05) is 20.8 Å². The molecule has 0 unspecified atom stereocenters. The fourth-order valence-corrected chi connectivity index (χ4v) is 4.70. The number of carbonyl (C=O) groups excluding carboxylic acids is 3. The molecule has 220 valence electrons. The van der Waals surface area contributed by atoms with Crippen LogP contribution in [0, 0.1) is 0 Å². The summed E-state index contributed by atoms with van der Waals surface area (Å²) >= 11 is 0. The number of esters is 1. The molecule has 1 aromatic carbocycles. The van der Waals surface area contributed by atoms with Gasteiger partial charge in [0.1, 0.15) is 0 Å². The van der Waals surface area contributed by atoms with Gasteiger partial charge in [-0.25, -0.2) is 14.4 Å². The van der Waals surface area contributed by atoms with E-state index in [1.54, 1.807) is 11.8 Å². The number of carbonyl (C=O) groups is 3. The summed E-state index contributed by atoms with van der Waals surface area (Å²) in [5.74, 6) is -0.669. The molecule has 2 aliphatic heterocycles. The zero-order valence-corrected chi connectivity index (χ0v) is 23.4. The molecule has 3 rings (SSSR count). The number of hydrogen-bond acceptors (Lipinski definition) is 5. The van der Waals surface area contributed by atoms with E-state index in [0.29, 0.717) is 43.9 Å². The standard InChI is InChI=1S/C28H38F3N5O4/c1-6-13-36-21(18-34-14-8-15-35(17-16-34)26(39)33-27(3,4)5)22(24(37)40-7-2)23(32-25(36)38)19-9-11-20(12-10-19)28(29,30)31/h6,9-12,23H,1,7-8,13-18H2,2-5H3,(H,32,38)(H,33,39)/t23-/m1/s1. The third-order valence-corrected chi connectivity index (χ3v) is 6.55. The zero-order chi connectivity index (χ0) is 29.7. The number of amides is 4. The van der Waals surface area contributed by atoms with Gasteiger partial charge in [0.2, 0.25) is 0 Å². The van der Waals surface area contributed by atoms with E-state index in [2.05, 4.69) is 22.1 Å². The molecule has 0 radical (unpaired) electrons. The Morgan fingerprint density at radius 3 is 2.38 bits per heavy atom. The fourth-order valence-electron chi connectivity index (χ4n) is 4.70. The van der Waals surface area contributed by atoms with Gasteiger partial charge in [-0.05, 0) is 51.8 Å². The van der Waals surface area contributed by atoms with Crippen LogP contribution in [0.25, 0.3) is 0 Å². The number of alkyl halides is 3. The number of nitrogens with zero attached hydrogens (tertiary/aromatic N) is 3. The molecule has 1 aromatic rings. The second-order valence-electron chi connectivity index (χ2n) is 10.8. The second kappa shape index (κ2) is 12.8. The molecule has 1 fully saturated rings. The lowest BCUT2D eigenvalue weighted by Gasteiger charge is -2.38. The molecule has 9 nitrogen and oxygen atoms in total. The predicted octanol–water partition coefficient (Wildman–Crippen LogP) is 4.29. The Morgan fingerprint density at radius 1 is 1.12 bits per heavy atom. The van der Waals surface area contributed by atoms with Gasteiger partial charge in [-0.2, -0.15) is 13.2 Å². The van der Waals surface area contributed by atoms with E-state index in [1.165, 1.54) is 23.1 Å². The smallest absolute Gasteiger partial charge is 0.416 e. The van der Waals surface area contributed by atoms with Crippen molar-refractivity contribution in [2.75, 3.05) is 45.9 Å². The van der Waals surface area contributed by atoms with Gasteiger partial charge in [-0.1, -0.05) is 18.2 Å². The summed E-state index contributed by atoms with van der Waals surface area (Å²) < 4.78 is 44.9. The number of nitrogens with one attached hydrogen (secondary N) is 2. The van der Waals surface area contributed by atoms with Crippen molar-refractivity contribution in [1.82, 2.24) is 25.3 Å². The van der Waals surface area contributed by atoms with Gasteiger partial charge < -0.3 is 20.3 Å². The number of urea groups is 2. The van der Waals surface area contributed by atoms with Crippen molar-refractivity contribution in [2.45, 2.75) is 51.9 Å². The highest BCUT2D eigenvalue weighted by Gasteiger charge is 2.39. The minimum atomic E-state index is -4.52. The van der Waals surface area contributed by atoms with Crippen LogP contribution in [0.5, 0.6) is 0 Å². The number of rotatable bonds is 7. The number of benzene rings is 1. The minimum absolute atomic E-state index is 0.0757. The summed E-state index contributed by atoms with van der Waals surface area (Å²) in [6.07, 6.45) is -2.32. The van der Waals surface area contributed by atoms with Crippen LogP contribution in [0.15, 0.2) is 48.2 Å². The van der Waals surface area contributed by atoms with Gasteiger partial charge in [-0.15, -0.1) is 6.58 Å². The van der Waals surface area contributed by atoms with Gasteiger partial charge in [0.15, 0.2) is 0 Å². The number of halogens is 3. The SMILES string of the molecule is C=CCN1C(=O)N[C@H](c2ccc(C(F)(F)F)cc2)C(C(=O)OCC)=C1CN1CCCN(C(=O)NC(C)(C)C)CC1. The highest BCUT2D eigenvalue weighted by atomic mass is 19.4. The molecule has 40 heavy (non-hydrogen) atoms. The van der Waals surface area contributed by atoms with E-state index < -0.39 is 29.8 Å². The van der Waals surface area contributed by atoms with Crippen molar-refractivity contribution in [3.05, 3.63) is 59.3 Å². The maximum absolute atomic E-state index is 13.3. The molecule has 0 aromatic heterocycles. The molecule has 0 spiro atoms. The normalized spacial score (nSPS) is 19.2. The van der Waals surface area contributed by atoms with Gasteiger partial charge in [0.05, 0.1) is 23.8 Å². The molecular weight excluding hydrogens is 527 g/mol. The summed E-state index contributed by atoms with van der Waals surface area (Å²) in [7, 11) is 0. The van der Waals surface area contributed by atoms with Crippen molar-refractivity contribution < 1.29 is 32.3 Å². The zero-order valence-electron chi connectivity index (χ0n) is 23.4. The minimum Gasteiger partial charge on any atom is -0.463 e. The Balaban J connectivity index is 1.97. The van der Waals surface area contributed by atoms with Crippen LogP contribution >= 0.6 is 0 Å². The van der Waals surface area contributed by atoms with Crippen molar-refractivity contribution in [3.8, 4) is 0 Å². The summed E-state index contributed by atoms with van der Waals surface area (Å²) in [6.45, 7) is 13.6. The van der Waals surface area contributed by atoms with E-state index in [0.717, 1.165) is 12.1 Å². The molecule has 1 saturated heterocycles. The Labute approximate surface area is 233 Å². The van der Waals surface area contributed by atoms with Crippen LogP contribution in [0.3, 0.4) is 0 Å². The summed E-state index contributed by atoms with van der Waals surface area (Å²) in [5, 5.41) is 5.73. The monoisotopic (exact) mass is 565 g/mol. The molecule has 1 atom stereocenters. The van der Waals surface area contributed by atoms with Crippen LogP contribution in [0.2, 0.25) is 0 Å². The molecule has 0 saturated carbocycles. The van der Waals surface area contributed by atoms with E-state index in [9.17, 15) is 27.6 Å². The maximum Gasteiger partial charge on any atom is 0.416 e. The topological polar surface area (TPSA) is 94.2 Å². The van der Waals surface area contributed by atoms with Gasteiger partial charge in [-0.3, -0.25) is 9.80 Å². The third-order valence-electron chi connectivity index (χ3n) is 6.55. The van der Waals surface area contributed by atoms with Gasteiger partial charge >= 0.3 is 24.2 Å². The fraction of sp³-hybridized carbons (Fsp3) is 0.536. The molecule has 12 heteroatoms. The number of ether oxygens (including phenoxy) is 1. The maximum atomic E-state index is 13.3. The first-order valence-electron chi connectivity index (χ1n) is 13.3. The first-order chi connectivity index (χ1) is 18.7. The van der Waals surface area contributed by atoms with Crippen LogP contribution in [0.4, 0.5) is 22.8 Å². The van der Waals surface area contributed by atoms with Gasteiger partial charge in [0, 0.05) is 50.5 Å². The van der Waals surface area contributed by atoms with Crippen molar-refractivity contribution in [2.24, 2.45) is 0 Å². The largest absolute Gasteiger partial charge is 0.463 e. The van der Waals surface area contributed by atoms with Crippen molar-refractivity contribution in [3.63, 3.8) is 0 Å². The van der Waals surface area contributed by atoms with Crippen molar-refractivity contribution >= 4 is 18.0 Å². The molecule has 2 heterocycles. The molecular formula is C28H38F3N5O4. The van der Waals surface area contributed by atoms with E-state index >= 15 is 0 Å². The van der Waals surface area contributed by atoms with Crippen LogP contribution in [-0.2, 0) is 15.7 Å². The Bertz CT molecular complexity index is 1130. The highest BCUT2D eigenvalue weighted by molar-refractivity contribution is 5.95. The van der Waals surface area contributed by atoms with Crippen LogP contribution in [0.1, 0.15) is 51.3 Å². The number of hydrogen-bond donors (Lipinski definition) is 2. The van der Waals surface area contributed by atoms with Crippen LogP contribution < -0.4 is 10.6 Å². The lowest BCUT2D eigenvalue weighted by molar-refractivity contribution is -0.139. The molecule has 2 aliphatic rings. The average Bonchev–Trinajstić information content (AvgIpc) is 3.10.